The van der Waals surface area contributed by atoms with Gasteiger partial charge in [-0.2, -0.15) is 0 Å². The molecule has 2 aromatic rings. The number of carbonyl (C=O) groups excluding carboxylic acids is 2. The van der Waals surface area contributed by atoms with Crippen molar-refractivity contribution in [3.63, 3.8) is 0 Å². The summed E-state index contributed by atoms with van der Waals surface area (Å²) < 4.78 is 5.50. The van der Waals surface area contributed by atoms with Gasteiger partial charge in [0.1, 0.15) is 0 Å². The molecule has 3 heterocycles. The molecule has 2 saturated heterocycles. The fraction of sp³-hybridized carbons (Fsp3) is 0.458. The summed E-state index contributed by atoms with van der Waals surface area (Å²) in [6.07, 6.45) is 4.34. The standard InChI is InChI=1S/C24H30N4O3/c1-2-31-23(30)24(22(29)19-6-4-3-5-7-19)18-26-13-10-21(24)28-16-14-27(15-17-28)20-8-11-25-12-9-20/h3-9,11-12,21,26H,2,10,13-18H2,1H3. The van der Waals surface area contributed by atoms with E-state index in [0.29, 0.717) is 12.1 Å². The second-order valence-corrected chi connectivity index (χ2v) is 8.10. The highest BCUT2D eigenvalue weighted by Gasteiger charge is 2.56. The number of piperidine rings is 1. The summed E-state index contributed by atoms with van der Waals surface area (Å²) >= 11 is 0. The van der Waals surface area contributed by atoms with Gasteiger partial charge < -0.3 is 15.0 Å². The Morgan fingerprint density at radius 1 is 1.10 bits per heavy atom. The highest BCUT2D eigenvalue weighted by molar-refractivity contribution is 6.13. The summed E-state index contributed by atoms with van der Waals surface area (Å²) in [5, 5.41) is 3.30. The lowest BCUT2D eigenvalue weighted by molar-refractivity contribution is -0.157. The number of esters is 1. The van der Waals surface area contributed by atoms with Crippen LogP contribution in [0, 0.1) is 5.41 Å². The van der Waals surface area contributed by atoms with Gasteiger partial charge in [0.15, 0.2) is 11.2 Å². The highest BCUT2D eigenvalue weighted by Crippen LogP contribution is 2.37. The lowest BCUT2D eigenvalue weighted by atomic mass is 9.70. The van der Waals surface area contributed by atoms with Crippen LogP contribution in [0.15, 0.2) is 54.9 Å². The molecule has 1 aromatic carbocycles. The molecule has 7 nitrogen and oxygen atoms in total. The predicted molar refractivity (Wildman–Crippen MR) is 119 cm³/mol. The van der Waals surface area contributed by atoms with E-state index < -0.39 is 11.4 Å². The lowest BCUT2D eigenvalue weighted by Crippen LogP contribution is -2.66. The Bertz CT molecular complexity index is 884. The van der Waals surface area contributed by atoms with Crippen molar-refractivity contribution in [3.05, 3.63) is 60.4 Å². The Morgan fingerprint density at radius 2 is 1.81 bits per heavy atom. The van der Waals surface area contributed by atoms with E-state index in [2.05, 4.69) is 20.1 Å². The van der Waals surface area contributed by atoms with Crippen molar-refractivity contribution in [2.24, 2.45) is 5.41 Å². The fourth-order valence-electron chi connectivity index (χ4n) is 4.87. The third-order valence-corrected chi connectivity index (χ3v) is 6.43. The lowest BCUT2D eigenvalue weighted by Gasteiger charge is -2.49. The van der Waals surface area contributed by atoms with E-state index in [4.69, 9.17) is 4.74 Å². The van der Waals surface area contributed by atoms with Crippen molar-refractivity contribution >= 4 is 17.4 Å². The number of Topliss-reactive ketones (excluding diaryl/α,β-unsaturated/α-hetero) is 1. The average Bonchev–Trinajstić information content (AvgIpc) is 2.85. The summed E-state index contributed by atoms with van der Waals surface area (Å²) in [6, 6.07) is 13.0. The number of hydrogen-bond acceptors (Lipinski definition) is 7. The first kappa shape index (κ1) is 21.5. The third-order valence-electron chi connectivity index (χ3n) is 6.43. The maximum atomic E-state index is 13.8. The maximum Gasteiger partial charge on any atom is 0.322 e. The van der Waals surface area contributed by atoms with Crippen molar-refractivity contribution in [2.75, 3.05) is 50.8 Å². The molecule has 1 aromatic heterocycles. The van der Waals surface area contributed by atoms with Crippen molar-refractivity contribution in [1.29, 1.82) is 0 Å². The van der Waals surface area contributed by atoms with Crippen LogP contribution in [-0.2, 0) is 9.53 Å². The SMILES string of the molecule is CCOC(=O)C1(C(=O)c2ccccc2)CNCCC1N1CCN(c2ccncc2)CC1. The Hall–Kier alpha value is -2.77. The number of nitrogens with one attached hydrogen (secondary N) is 1. The zero-order valence-corrected chi connectivity index (χ0v) is 18.0. The monoisotopic (exact) mass is 422 g/mol. The molecule has 1 N–H and O–H groups in total. The maximum absolute atomic E-state index is 13.8. The summed E-state index contributed by atoms with van der Waals surface area (Å²) in [4.78, 5) is 35.9. The van der Waals surface area contributed by atoms with Crippen molar-refractivity contribution in [3.8, 4) is 0 Å². The molecule has 2 atom stereocenters. The zero-order chi connectivity index (χ0) is 21.7. The van der Waals surface area contributed by atoms with E-state index in [-0.39, 0.29) is 18.4 Å². The molecule has 2 aliphatic rings. The first-order chi connectivity index (χ1) is 15.2. The third kappa shape index (κ3) is 4.20. The molecule has 4 rings (SSSR count). The number of ketones is 1. The molecule has 0 bridgehead atoms. The van der Waals surface area contributed by atoms with Crippen LogP contribution in [0.4, 0.5) is 5.69 Å². The number of rotatable bonds is 6. The molecule has 0 radical (unpaired) electrons. The van der Waals surface area contributed by atoms with Crippen LogP contribution in [0.3, 0.4) is 0 Å². The van der Waals surface area contributed by atoms with Crippen molar-refractivity contribution in [2.45, 2.75) is 19.4 Å². The number of ether oxygens (including phenoxy) is 1. The molecule has 2 fully saturated rings. The summed E-state index contributed by atoms with van der Waals surface area (Å²) in [6.45, 7) is 6.38. The smallest absolute Gasteiger partial charge is 0.322 e. The van der Waals surface area contributed by atoms with E-state index in [1.165, 1.54) is 0 Å². The number of nitrogens with zero attached hydrogens (tertiary/aromatic N) is 3. The molecule has 2 unspecified atom stereocenters. The second kappa shape index (κ2) is 9.58. The minimum absolute atomic E-state index is 0.152. The van der Waals surface area contributed by atoms with E-state index in [1.54, 1.807) is 31.5 Å². The van der Waals surface area contributed by atoms with Gasteiger partial charge in [-0.1, -0.05) is 30.3 Å². The molecular formula is C24H30N4O3. The first-order valence-electron chi connectivity index (χ1n) is 11.0. The Labute approximate surface area is 183 Å². The van der Waals surface area contributed by atoms with Gasteiger partial charge >= 0.3 is 5.97 Å². The summed E-state index contributed by atoms with van der Waals surface area (Å²) in [7, 11) is 0. The number of hydrogen-bond donors (Lipinski definition) is 1. The molecule has 7 heteroatoms. The van der Waals surface area contributed by atoms with Gasteiger partial charge in [-0.05, 0) is 32.0 Å². The minimum Gasteiger partial charge on any atom is -0.465 e. The average molecular weight is 423 g/mol. The van der Waals surface area contributed by atoms with Crippen LogP contribution >= 0.6 is 0 Å². The molecule has 0 amide bonds. The summed E-state index contributed by atoms with van der Waals surface area (Å²) in [5.74, 6) is -0.571. The van der Waals surface area contributed by atoms with Gasteiger partial charge in [0, 0.05) is 62.4 Å². The number of aromatic nitrogens is 1. The van der Waals surface area contributed by atoms with E-state index in [9.17, 15) is 9.59 Å². The van der Waals surface area contributed by atoms with Gasteiger partial charge in [0.2, 0.25) is 0 Å². The molecule has 31 heavy (non-hydrogen) atoms. The van der Waals surface area contributed by atoms with E-state index >= 15 is 0 Å². The summed E-state index contributed by atoms with van der Waals surface area (Å²) in [5.41, 5.74) is 0.464. The Balaban J connectivity index is 1.61. The van der Waals surface area contributed by atoms with E-state index in [1.807, 2.05) is 30.3 Å². The van der Waals surface area contributed by atoms with Gasteiger partial charge in [0.25, 0.3) is 0 Å². The van der Waals surface area contributed by atoms with Crippen LogP contribution in [0.25, 0.3) is 0 Å². The van der Waals surface area contributed by atoms with Gasteiger partial charge in [-0.25, -0.2) is 0 Å². The van der Waals surface area contributed by atoms with Crippen molar-refractivity contribution < 1.29 is 14.3 Å². The van der Waals surface area contributed by atoms with Gasteiger partial charge in [0.05, 0.1) is 6.61 Å². The van der Waals surface area contributed by atoms with Crippen LogP contribution < -0.4 is 10.2 Å². The topological polar surface area (TPSA) is 74.8 Å². The van der Waals surface area contributed by atoms with Gasteiger partial charge in [-0.3, -0.25) is 19.5 Å². The fourth-order valence-corrected chi connectivity index (χ4v) is 4.87. The largest absolute Gasteiger partial charge is 0.465 e. The molecule has 164 valence electrons. The van der Waals surface area contributed by atoms with Crippen LogP contribution in [0.1, 0.15) is 23.7 Å². The van der Waals surface area contributed by atoms with Gasteiger partial charge in [-0.15, -0.1) is 0 Å². The number of anilines is 1. The molecular weight excluding hydrogens is 392 g/mol. The van der Waals surface area contributed by atoms with Crippen molar-refractivity contribution in [1.82, 2.24) is 15.2 Å². The quantitative estimate of drug-likeness (QED) is 0.434. The molecule has 0 saturated carbocycles. The number of pyridine rings is 1. The zero-order valence-electron chi connectivity index (χ0n) is 18.0. The first-order valence-corrected chi connectivity index (χ1v) is 11.0. The highest BCUT2D eigenvalue weighted by atomic mass is 16.5. The van der Waals surface area contributed by atoms with Crippen LogP contribution in [0.2, 0.25) is 0 Å². The minimum atomic E-state index is -1.24. The predicted octanol–water partition coefficient (Wildman–Crippen LogP) is 2.00. The van der Waals surface area contributed by atoms with Crippen LogP contribution in [-0.4, -0.2) is 73.6 Å². The molecule has 0 aliphatic carbocycles. The molecule has 0 spiro atoms. The number of carbonyl (C=O) groups is 2. The second-order valence-electron chi connectivity index (χ2n) is 8.10. The number of piperazine rings is 1. The van der Waals surface area contributed by atoms with Crippen LogP contribution in [0.5, 0.6) is 0 Å². The Kier molecular flexibility index (Phi) is 6.63. The molecule has 2 aliphatic heterocycles. The number of benzene rings is 1. The Morgan fingerprint density at radius 3 is 2.48 bits per heavy atom. The normalized spacial score (nSPS) is 24.5. The van der Waals surface area contributed by atoms with E-state index in [0.717, 1.165) is 44.8 Å².